The minimum atomic E-state index is -3.97. The Kier molecular flexibility index (Phi) is 8.78. The van der Waals surface area contributed by atoms with Crippen molar-refractivity contribution in [3.63, 3.8) is 0 Å². The molecule has 0 radical (unpaired) electrons. The van der Waals surface area contributed by atoms with Crippen LogP contribution in [0.2, 0.25) is 0 Å². The lowest BCUT2D eigenvalue weighted by molar-refractivity contribution is -0.130. The molecule has 1 aliphatic carbocycles. The number of methoxy groups -OCH3 is 2. The van der Waals surface area contributed by atoms with E-state index in [2.05, 4.69) is 15.4 Å². The average Bonchev–Trinajstić information content (AvgIpc) is 3.26. The summed E-state index contributed by atoms with van der Waals surface area (Å²) in [4.78, 5) is 29.3. The van der Waals surface area contributed by atoms with Gasteiger partial charge in [-0.15, -0.1) is 0 Å². The lowest BCUT2D eigenvalue weighted by Gasteiger charge is -2.32. The predicted molar refractivity (Wildman–Crippen MR) is 174 cm³/mol. The number of carbonyl (C=O) groups excluding carboxylic acids is 2. The molecule has 1 N–H and O–H groups in total. The second kappa shape index (κ2) is 12.6. The summed E-state index contributed by atoms with van der Waals surface area (Å²) in [5.74, 6) is 0.289. The number of likely N-dealkylation sites (tertiary alicyclic amines) is 1. The highest BCUT2D eigenvalue weighted by molar-refractivity contribution is 7.87. The van der Waals surface area contributed by atoms with Gasteiger partial charge in [-0.3, -0.25) is 9.59 Å². The molecule has 3 heterocycles. The number of fused-ring (bicyclic) bond motifs is 5. The largest absolute Gasteiger partial charge is 0.497 e. The van der Waals surface area contributed by atoms with Crippen molar-refractivity contribution in [1.29, 1.82) is 0 Å². The molecule has 1 saturated carbocycles. The summed E-state index contributed by atoms with van der Waals surface area (Å²) in [5.41, 5.74) is 5.85. The van der Waals surface area contributed by atoms with Crippen LogP contribution >= 0.6 is 0 Å². The summed E-state index contributed by atoms with van der Waals surface area (Å²) < 4.78 is 41.5. The van der Waals surface area contributed by atoms with E-state index in [9.17, 15) is 18.0 Å². The van der Waals surface area contributed by atoms with Crippen molar-refractivity contribution in [2.24, 2.45) is 0 Å². The molecule has 10 nitrogen and oxygen atoms in total. The first kappa shape index (κ1) is 31.3. The maximum atomic E-state index is 14.2. The Morgan fingerprint density at radius 2 is 1.76 bits per heavy atom. The van der Waals surface area contributed by atoms with Gasteiger partial charge in [0.25, 0.3) is 11.8 Å². The van der Waals surface area contributed by atoms with Crippen molar-refractivity contribution in [1.82, 2.24) is 18.5 Å². The number of ether oxygens (including phenoxy) is 2. The van der Waals surface area contributed by atoms with Crippen LogP contribution in [0, 0.1) is 0 Å². The Labute approximate surface area is 265 Å². The van der Waals surface area contributed by atoms with Crippen molar-refractivity contribution in [3.05, 3.63) is 58.7 Å². The zero-order valence-corrected chi connectivity index (χ0v) is 27.3. The van der Waals surface area contributed by atoms with Gasteiger partial charge in [0.1, 0.15) is 5.75 Å². The Bertz CT molecular complexity index is 1770. The molecule has 45 heavy (non-hydrogen) atoms. The molecule has 1 aromatic heterocycles. The van der Waals surface area contributed by atoms with E-state index < -0.39 is 16.1 Å². The van der Waals surface area contributed by atoms with E-state index in [1.165, 1.54) is 26.1 Å². The SMILES string of the molecule is COc1ccc2c(c1)C=C(C(=O)N1CCCC(OC)C1)Cn1c-2c(C2CCCCC2)c2ccc(C(=O)NS(=O)(=O)N(C)C)cc21. The smallest absolute Gasteiger partial charge is 0.303 e. The summed E-state index contributed by atoms with van der Waals surface area (Å²) in [5, 5.41) is 1.02. The van der Waals surface area contributed by atoms with Gasteiger partial charge in [0.05, 0.1) is 25.5 Å². The summed E-state index contributed by atoms with van der Waals surface area (Å²) in [6.07, 6.45) is 9.41. The zero-order valence-electron chi connectivity index (χ0n) is 26.5. The van der Waals surface area contributed by atoms with Crippen molar-refractivity contribution < 1.29 is 27.5 Å². The Balaban J connectivity index is 1.54. The average molecular weight is 635 g/mol. The quantitative estimate of drug-likeness (QED) is 0.395. The third-order valence-electron chi connectivity index (χ3n) is 9.53. The lowest BCUT2D eigenvalue weighted by Crippen LogP contribution is -2.43. The molecule has 11 heteroatoms. The molecule has 2 fully saturated rings. The minimum Gasteiger partial charge on any atom is -0.497 e. The zero-order chi connectivity index (χ0) is 31.9. The number of nitrogens with one attached hydrogen (secondary N) is 1. The van der Waals surface area contributed by atoms with Gasteiger partial charge in [0.15, 0.2) is 0 Å². The fourth-order valence-corrected chi connectivity index (χ4v) is 7.63. The first-order valence-electron chi connectivity index (χ1n) is 15.7. The maximum absolute atomic E-state index is 14.2. The van der Waals surface area contributed by atoms with Crippen LogP contribution in [-0.2, 0) is 26.3 Å². The molecule has 2 amide bonds. The second-order valence-corrected chi connectivity index (χ2v) is 14.4. The standard InChI is InChI=1S/C34H42N4O6S/c1-36(2)45(41,42)35-33(39)23-12-14-29-30(19-23)38-20-25(34(40)37-16-8-11-27(21-37)44-4)17-24-18-26(43-3)13-15-28(24)32(38)31(29)22-9-6-5-7-10-22/h12-15,17-19,22,27H,5-11,16,20-21H2,1-4H3,(H,35,39). The Morgan fingerprint density at radius 3 is 2.47 bits per heavy atom. The number of benzene rings is 2. The van der Waals surface area contributed by atoms with Crippen molar-refractivity contribution >= 4 is 39.0 Å². The first-order chi connectivity index (χ1) is 21.6. The molecule has 1 unspecified atom stereocenters. The van der Waals surface area contributed by atoms with Gasteiger partial charge in [0, 0.05) is 61.9 Å². The second-order valence-electron chi connectivity index (χ2n) is 12.5. The van der Waals surface area contributed by atoms with E-state index in [-0.39, 0.29) is 17.6 Å². The van der Waals surface area contributed by atoms with Gasteiger partial charge in [-0.1, -0.05) is 25.3 Å². The number of aromatic nitrogens is 1. The topological polar surface area (TPSA) is 110 Å². The van der Waals surface area contributed by atoms with E-state index in [4.69, 9.17) is 9.47 Å². The highest BCUT2D eigenvalue weighted by Gasteiger charge is 2.33. The van der Waals surface area contributed by atoms with Crippen molar-refractivity contribution in [2.45, 2.75) is 63.5 Å². The summed E-state index contributed by atoms with van der Waals surface area (Å²) >= 11 is 0. The summed E-state index contributed by atoms with van der Waals surface area (Å²) in [7, 11) is 2.10. The van der Waals surface area contributed by atoms with Crippen LogP contribution in [0.3, 0.4) is 0 Å². The first-order valence-corrected chi connectivity index (χ1v) is 17.2. The van der Waals surface area contributed by atoms with Gasteiger partial charge >= 0.3 is 10.2 Å². The third-order valence-corrected chi connectivity index (χ3v) is 10.9. The molecule has 1 saturated heterocycles. The van der Waals surface area contributed by atoms with E-state index >= 15 is 0 Å². The number of hydrogen-bond donors (Lipinski definition) is 1. The van der Waals surface area contributed by atoms with Crippen LogP contribution in [0.15, 0.2) is 42.0 Å². The van der Waals surface area contributed by atoms with Crippen molar-refractivity contribution in [2.75, 3.05) is 41.4 Å². The molecule has 1 atom stereocenters. The van der Waals surface area contributed by atoms with Crippen LogP contribution in [0.1, 0.15) is 72.3 Å². The monoisotopic (exact) mass is 634 g/mol. The molecule has 0 bridgehead atoms. The van der Waals surface area contributed by atoms with Gasteiger partial charge < -0.3 is 18.9 Å². The molecule has 2 aliphatic heterocycles. The fraction of sp³-hybridized carbons (Fsp3) is 0.471. The lowest BCUT2D eigenvalue weighted by atomic mass is 9.81. The number of nitrogens with zero attached hydrogens (tertiary/aromatic N) is 3. The fourth-order valence-electron chi connectivity index (χ4n) is 7.10. The summed E-state index contributed by atoms with van der Waals surface area (Å²) in [6.45, 7) is 1.51. The van der Waals surface area contributed by atoms with E-state index in [1.54, 1.807) is 26.4 Å². The number of rotatable bonds is 7. The van der Waals surface area contributed by atoms with Crippen LogP contribution in [0.4, 0.5) is 0 Å². The molecule has 3 aliphatic rings. The van der Waals surface area contributed by atoms with Crippen LogP contribution in [0.25, 0.3) is 28.2 Å². The molecule has 0 spiro atoms. The molecule has 2 aromatic carbocycles. The minimum absolute atomic E-state index is 0.00171. The van der Waals surface area contributed by atoms with Crippen molar-refractivity contribution in [3.8, 4) is 17.0 Å². The van der Waals surface area contributed by atoms with Crippen LogP contribution in [0.5, 0.6) is 5.75 Å². The summed E-state index contributed by atoms with van der Waals surface area (Å²) in [6, 6.07) is 11.4. The van der Waals surface area contributed by atoms with E-state index in [0.29, 0.717) is 36.9 Å². The van der Waals surface area contributed by atoms with Gasteiger partial charge in [0.2, 0.25) is 0 Å². The number of piperidine rings is 1. The van der Waals surface area contributed by atoms with E-state index in [0.717, 1.165) is 70.6 Å². The van der Waals surface area contributed by atoms with Gasteiger partial charge in [-0.2, -0.15) is 12.7 Å². The number of carbonyl (C=O) groups is 2. The molecule has 3 aromatic rings. The Hall–Kier alpha value is -3.67. The maximum Gasteiger partial charge on any atom is 0.303 e. The molecular weight excluding hydrogens is 592 g/mol. The van der Waals surface area contributed by atoms with Crippen LogP contribution < -0.4 is 9.46 Å². The highest BCUT2D eigenvalue weighted by Crippen LogP contribution is 2.47. The van der Waals surface area contributed by atoms with E-state index in [1.807, 2.05) is 29.2 Å². The normalized spacial score (nSPS) is 19.1. The number of hydrogen-bond acceptors (Lipinski definition) is 6. The molecule has 6 rings (SSSR count). The third kappa shape index (κ3) is 6.01. The number of amides is 2. The Morgan fingerprint density at radius 1 is 0.978 bits per heavy atom. The molecular formula is C34H42N4O6S. The molecule has 240 valence electrons. The predicted octanol–water partition coefficient (Wildman–Crippen LogP) is 4.94. The highest BCUT2D eigenvalue weighted by atomic mass is 32.2. The van der Waals surface area contributed by atoms with Gasteiger partial charge in [-0.25, -0.2) is 4.72 Å². The van der Waals surface area contributed by atoms with Crippen LogP contribution in [-0.4, -0.2) is 81.5 Å². The van der Waals surface area contributed by atoms with Gasteiger partial charge in [-0.05, 0) is 79.1 Å².